The van der Waals surface area contributed by atoms with Crippen LogP contribution in [-0.4, -0.2) is 47.1 Å². The highest BCUT2D eigenvalue weighted by atomic mass is 16.3. The molecule has 0 aliphatic heterocycles. The Morgan fingerprint density at radius 2 is 1.53 bits per heavy atom. The molecule has 0 bridgehead atoms. The van der Waals surface area contributed by atoms with E-state index in [0.717, 1.165) is 18.4 Å². The SMILES string of the molecule is CCC(C)[C@H](NC(C)=O)C(=O)NC(CCC(C)C)C[C@H](O)C(Cc1ccccc1)NC(=O)CC(C)C. The summed E-state index contributed by atoms with van der Waals surface area (Å²) in [5, 5.41) is 20.2. The number of carbonyl (C=O) groups is 3. The van der Waals surface area contributed by atoms with Gasteiger partial charge in [-0.1, -0.05) is 78.3 Å². The molecule has 1 rings (SSSR count). The number of aliphatic hydroxyl groups excluding tert-OH is 1. The third kappa shape index (κ3) is 12.5. The predicted molar refractivity (Wildman–Crippen MR) is 145 cm³/mol. The number of hydrogen-bond acceptors (Lipinski definition) is 4. The Kier molecular flexibility index (Phi) is 14.4. The van der Waals surface area contributed by atoms with Gasteiger partial charge in [0.2, 0.25) is 17.7 Å². The van der Waals surface area contributed by atoms with Crippen LogP contribution in [0.15, 0.2) is 30.3 Å². The van der Waals surface area contributed by atoms with Crippen molar-refractivity contribution in [1.82, 2.24) is 16.0 Å². The molecule has 4 N–H and O–H groups in total. The Morgan fingerprint density at radius 3 is 2.06 bits per heavy atom. The van der Waals surface area contributed by atoms with Crippen molar-refractivity contribution in [2.45, 2.75) is 111 Å². The minimum Gasteiger partial charge on any atom is -0.391 e. The third-order valence-corrected chi connectivity index (χ3v) is 6.52. The minimum absolute atomic E-state index is 0.0225. The number of rotatable bonds is 16. The van der Waals surface area contributed by atoms with Crippen LogP contribution in [0.4, 0.5) is 0 Å². The second-order valence-electron chi connectivity index (χ2n) is 11.0. The van der Waals surface area contributed by atoms with Crippen molar-refractivity contribution in [3.63, 3.8) is 0 Å². The number of hydrogen-bond donors (Lipinski definition) is 4. The zero-order chi connectivity index (χ0) is 27.3. The maximum Gasteiger partial charge on any atom is 0.243 e. The molecule has 204 valence electrons. The number of amides is 3. The Labute approximate surface area is 218 Å². The number of benzene rings is 1. The van der Waals surface area contributed by atoms with Gasteiger partial charge in [0, 0.05) is 19.4 Å². The maximum absolute atomic E-state index is 13.2. The molecule has 1 aromatic rings. The van der Waals surface area contributed by atoms with E-state index < -0.39 is 18.2 Å². The second-order valence-corrected chi connectivity index (χ2v) is 11.0. The molecule has 3 unspecified atom stereocenters. The van der Waals surface area contributed by atoms with Crippen molar-refractivity contribution in [3.05, 3.63) is 35.9 Å². The zero-order valence-corrected chi connectivity index (χ0v) is 23.3. The Morgan fingerprint density at radius 1 is 0.889 bits per heavy atom. The van der Waals surface area contributed by atoms with E-state index in [2.05, 4.69) is 29.8 Å². The van der Waals surface area contributed by atoms with E-state index in [4.69, 9.17) is 0 Å². The van der Waals surface area contributed by atoms with Gasteiger partial charge >= 0.3 is 0 Å². The molecule has 1 aromatic carbocycles. The highest BCUT2D eigenvalue weighted by molar-refractivity contribution is 5.87. The molecule has 36 heavy (non-hydrogen) atoms. The summed E-state index contributed by atoms with van der Waals surface area (Å²) in [5.74, 6) is 0.0619. The lowest BCUT2D eigenvalue weighted by Crippen LogP contribution is -2.54. The van der Waals surface area contributed by atoms with E-state index in [1.807, 2.05) is 58.0 Å². The lowest BCUT2D eigenvalue weighted by molar-refractivity contribution is -0.130. The quantitative estimate of drug-likeness (QED) is 0.274. The largest absolute Gasteiger partial charge is 0.391 e. The molecule has 0 radical (unpaired) electrons. The van der Waals surface area contributed by atoms with Crippen LogP contribution in [0.1, 0.15) is 86.1 Å². The van der Waals surface area contributed by atoms with E-state index in [1.54, 1.807) is 0 Å². The monoisotopic (exact) mass is 503 g/mol. The smallest absolute Gasteiger partial charge is 0.243 e. The molecule has 0 aliphatic rings. The van der Waals surface area contributed by atoms with Gasteiger partial charge in [-0.15, -0.1) is 0 Å². The first kappa shape index (κ1) is 31.6. The average molecular weight is 504 g/mol. The van der Waals surface area contributed by atoms with E-state index >= 15 is 0 Å². The van der Waals surface area contributed by atoms with Crippen molar-refractivity contribution in [2.24, 2.45) is 17.8 Å². The molecule has 5 atom stereocenters. The van der Waals surface area contributed by atoms with E-state index in [-0.39, 0.29) is 35.6 Å². The van der Waals surface area contributed by atoms with Gasteiger partial charge in [-0.05, 0) is 49.0 Å². The van der Waals surface area contributed by atoms with Crippen LogP contribution < -0.4 is 16.0 Å². The molecular formula is C29H49N3O4. The molecule has 7 nitrogen and oxygen atoms in total. The fourth-order valence-corrected chi connectivity index (χ4v) is 4.24. The molecule has 3 amide bonds. The van der Waals surface area contributed by atoms with Gasteiger partial charge in [-0.25, -0.2) is 0 Å². The van der Waals surface area contributed by atoms with Crippen molar-refractivity contribution in [1.29, 1.82) is 0 Å². The molecule has 0 spiro atoms. The highest BCUT2D eigenvalue weighted by Crippen LogP contribution is 2.17. The number of nitrogens with one attached hydrogen (secondary N) is 3. The van der Waals surface area contributed by atoms with E-state index in [1.165, 1.54) is 6.92 Å². The van der Waals surface area contributed by atoms with Crippen LogP contribution in [0.3, 0.4) is 0 Å². The number of aliphatic hydroxyl groups is 1. The first-order valence-corrected chi connectivity index (χ1v) is 13.5. The molecule has 0 heterocycles. The van der Waals surface area contributed by atoms with E-state index in [9.17, 15) is 19.5 Å². The van der Waals surface area contributed by atoms with Crippen LogP contribution in [0.5, 0.6) is 0 Å². The van der Waals surface area contributed by atoms with Crippen molar-refractivity contribution < 1.29 is 19.5 Å². The summed E-state index contributed by atoms with van der Waals surface area (Å²) in [6, 6.07) is 8.40. The molecule has 0 saturated carbocycles. The topological polar surface area (TPSA) is 108 Å². The van der Waals surface area contributed by atoms with E-state index in [0.29, 0.717) is 31.6 Å². The molecule has 0 aliphatic carbocycles. The Balaban J connectivity index is 3.07. The van der Waals surface area contributed by atoms with Crippen LogP contribution in [0, 0.1) is 17.8 Å². The van der Waals surface area contributed by atoms with Gasteiger partial charge in [0.1, 0.15) is 6.04 Å². The minimum atomic E-state index is -0.846. The Hall–Kier alpha value is -2.41. The normalized spacial score (nSPS) is 15.6. The summed E-state index contributed by atoms with van der Waals surface area (Å²) in [5.41, 5.74) is 1.02. The second kappa shape index (κ2) is 16.4. The van der Waals surface area contributed by atoms with Gasteiger partial charge in [0.25, 0.3) is 0 Å². The van der Waals surface area contributed by atoms with Crippen LogP contribution in [-0.2, 0) is 20.8 Å². The van der Waals surface area contributed by atoms with Gasteiger partial charge in [0.05, 0.1) is 12.1 Å². The van der Waals surface area contributed by atoms with Gasteiger partial charge in [-0.3, -0.25) is 14.4 Å². The fraction of sp³-hybridized carbons (Fsp3) is 0.690. The lowest BCUT2D eigenvalue weighted by Gasteiger charge is -2.31. The lowest BCUT2D eigenvalue weighted by atomic mass is 9.92. The van der Waals surface area contributed by atoms with Crippen molar-refractivity contribution >= 4 is 17.7 Å². The fourth-order valence-electron chi connectivity index (χ4n) is 4.24. The molecule has 7 heteroatoms. The average Bonchev–Trinajstić information content (AvgIpc) is 2.79. The summed E-state index contributed by atoms with van der Waals surface area (Å²) in [7, 11) is 0. The third-order valence-electron chi connectivity index (χ3n) is 6.52. The summed E-state index contributed by atoms with van der Waals surface area (Å²) in [6.07, 6.45) is 2.68. The molecular weight excluding hydrogens is 454 g/mol. The van der Waals surface area contributed by atoms with Gasteiger partial charge < -0.3 is 21.1 Å². The van der Waals surface area contributed by atoms with Gasteiger partial charge in [-0.2, -0.15) is 0 Å². The van der Waals surface area contributed by atoms with Gasteiger partial charge in [0.15, 0.2) is 0 Å². The number of carbonyl (C=O) groups excluding carboxylic acids is 3. The first-order chi connectivity index (χ1) is 16.9. The maximum atomic E-state index is 13.2. The zero-order valence-electron chi connectivity index (χ0n) is 23.3. The summed E-state index contributed by atoms with van der Waals surface area (Å²) >= 11 is 0. The van der Waals surface area contributed by atoms with Crippen LogP contribution >= 0.6 is 0 Å². The summed E-state index contributed by atoms with van der Waals surface area (Å²) in [4.78, 5) is 37.5. The molecule has 0 aromatic heterocycles. The summed E-state index contributed by atoms with van der Waals surface area (Å²) in [6.45, 7) is 13.6. The van der Waals surface area contributed by atoms with Crippen LogP contribution in [0.2, 0.25) is 0 Å². The highest BCUT2D eigenvalue weighted by Gasteiger charge is 2.30. The molecule has 0 fully saturated rings. The molecule has 0 saturated heterocycles. The standard InChI is InChI=1S/C29H49N3O4/c1-8-21(6)28(30-22(7)33)29(36)31-24(15-14-19(2)3)18-26(34)25(32-27(35)16-20(4)5)17-23-12-10-9-11-13-23/h9-13,19-21,24-26,28,34H,8,14-18H2,1-7H3,(H,30,33)(H,31,36)(H,32,35)/t21?,24?,25?,26-,28-/m0/s1. The first-order valence-electron chi connectivity index (χ1n) is 13.5. The Bertz CT molecular complexity index is 797. The van der Waals surface area contributed by atoms with Crippen LogP contribution in [0.25, 0.3) is 0 Å². The van der Waals surface area contributed by atoms with Crippen molar-refractivity contribution in [3.8, 4) is 0 Å². The van der Waals surface area contributed by atoms with Crippen molar-refractivity contribution in [2.75, 3.05) is 0 Å². The summed E-state index contributed by atoms with van der Waals surface area (Å²) < 4.78 is 0. The predicted octanol–water partition coefficient (Wildman–Crippen LogP) is 3.98.